The summed E-state index contributed by atoms with van der Waals surface area (Å²) in [6.07, 6.45) is -7.43. The Morgan fingerprint density at radius 2 is 1.61 bits per heavy atom. The van der Waals surface area contributed by atoms with Crippen molar-refractivity contribution in [3.63, 3.8) is 0 Å². The van der Waals surface area contributed by atoms with Gasteiger partial charge in [0.1, 0.15) is 0 Å². The summed E-state index contributed by atoms with van der Waals surface area (Å²) in [5.74, 6) is -5.64. The van der Waals surface area contributed by atoms with E-state index in [1.807, 2.05) is 0 Å². The fourth-order valence-electron chi connectivity index (χ4n) is 4.23. The van der Waals surface area contributed by atoms with Crippen LogP contribution in [0.4, 0.5) is 22.0 Å². The van der Waals surface area contributed by atoms with Crippen molar-refractivity contribution < 1.29 is 35.5 Å². The molecule has 1 aliphatic rings. The zero-order valence-electron chi connectivity index (χ0n) is 16.9. The van der Waals surface area contributed by atoms with Crippen LogP contribution in [-0.2, 0) is 22.0 Å². The Morgan fingerprint density at radius 3 is 2.18 bits per heavy atom. The lowest BCUT2D eigenvalue weighted by Crippen LogP contribution is -2.57. The molecular formula is C21H16Cl2F5NO3S. The molecule has 2 aromatic carbocycles. The van der Waals surface area contributed by atoms with Crippen LogP contribution in [0, 0.1) is 6.92 Å². The van der Waals surface area contributed by atoms with Gasteiger partial charge in [0, 0.05) is 5.39 Å². The van der Waals surface area contributed by atoms with Crippen molar-refractivity contribution in [2.45, 2.75) is 48.8 Å². The van der Waals surface area contributed by atoms with E-state index in [9.17, 15) is 35.5 Å². The van der Waals surface area contributed by atoms with Gasteiger partial charge in [0.2, 0.25) is 0 Å². The van der Waals surface area contributed by atoms with E-state index in [0.29, 0.717) is 9.54 Å². The molecule has 0 amide bonds. The molecule has 0 saturated heterocycles. The minimum atomic E-state index is -6.14. The Labute approximate surface area is 195 Å². The van der Waals surface area contributed by atoms with E-state index in [2.05, 4.69) is 0 Å². The van der Waals surface area contributed by atoms with Gasteiger partial charge >= 0.3 is 12.1 Å². The van der Waals surface area contributed by atoms with E-state index < -0.39 is 39.8 Å². The molecule has 3 aromatic rings. The lowest BCUT2D eigenvalue weighted by Gasteiger charge is -2.40. The highest BCUT2D eigenvalue weighted by molar-refractivity contribution is 7.90. The van der Waals surface area contributed by atoms with Crippen LogP contribution in [-0.4, -0.2) is 29.6 Å². The number of aromatic nitrogens is 1. The molecule has 33 heavy (non-hydrogen) atoms. The van der Waals surface area contributed by atoms with Gasteiger partial charge < -0.3 is 5.11 Å². The van der Waals surface area contributed by atoms with Crippen molar-refractivity contribution in [2.24, 2.45) is 0 Å². The van der Waals surface area contributed by atoms with Crippen molar-refractivity contribution >= 4 is 44.1 Å². The quantitative estimate of drug-likeness (QED) is 0.411. The number of alkyl halides is 5. The third-order valence-electron chi connectivity index (χ3n) is 5.86. The molecule has 0 bridgehead atoms. The lowest BCUT2D eigenvalue weighted by atomic mass is 9.78. The SMILES string of the molecule is Cc1ccc(S(=O)(=O)n2c3c(c4cc(Cl)c(Cl)cc42)CCCC3(O)C(F)(F)C(F)(F)F)cc1. The molecular weight excluding hydrogens is 512 g/mol. The van der Waals surface area contributed by atoms with E-state index >= 15 is 0 Å². The van der Waals surface area contributed by atoms with Gasteiger partial charge in [-0.2, -0.15) is 22.0 Å². The zero-order valence-corrected chi connectivity index (χ0v) is 19.2. The first-order valence-electron chi connectivity index (χ1n) is 9.65. The molecule has 178 valence electrons. The third-order valence-corrected chi connectivity index (χ3v) is 8.31. The zero-order chi connectivity index (χ0) is 24.6. The molecule has 12 heteroatoms. The standard InChI is InChI=1S/C21H16Cl2F5NO3S/c1-11-4-6-12(7-5-11)33(31,32)29-17-10-16(23)15(22)9-14(17)13-3-2-8-19(30,18(13)29)20(24,25)21(26,27)28/h4-7,9-10,30H,2-3,8H2,1H3. The summed E-state index contributed by atoms with van der Waals surface area (Å²) in [4.78, 5) is -0.359. The second kappa shape index (κ2) is 7.56. The highest BCUT2D eigenvalue weighted by atomic mass is 35.5. The molecule has 1 unspecified atom stereocenters. The molecule has 0 spiro atoms. The topological polar surface area (TPSA) is 59.3 Å². The van der Waals surface area contributed by atoms with Gasteiger partial charge in [-0.25, -0.2) is 12.4 Å². The number of hydrogen-bond donors (Lipinski definition) is 1. The molecule has 1 aliphatic carbocycles. The maximum atomic E-state index is 14.8. The average molecular weight is 528 g/mol. The first-order chi connectivity index (χ1) is 15.1. The Kier molecular flexibility index (Phi) is 5.56. The summed E-state index contributed by atoms with van der Waals surface area (Å²) in [7, 11) is -4.73. The van der Waals surface area contributed by atoms with Crippen LogP contribution < -0.4 is 0 Å². The highest BCUT2D eigenvalue weighted by Crippen LogP contribution is 2.55. The first kappa shape index (κ1) is 24.3. The first-order valence-corrected chi connectivity index (χ1v) is 11.8. The Morgan fingerprint density at radius 1 is 1.03 bits per heavy atom. The van der Waals surface area contributed by atoms with Crippen LogP contribution in [0.5, 0.6) is 0 Å². The van der Waals surface area contributed by atoms with Gasteiger partial charge in [0.05, 0.1) is 26.2 Å². The summed E-state index contributed by atoms with van der Waals surface area (Å²) in [5.41, 5.74) is -4.59. The van der Waals surface area contributed by atoms with Crippen LogP contribution in [0.3, 0.4) is 0 Å². The Hall–Kier alpha value is -1.88. The summed E-state index contributed by atoms with van der Waals surface area (Å²) in [5, 5.41) is 10.8. The van der Waals surface area contributed by atoms with Crippen LogP contribution >= 0.6 is 23.2 Å². The summed E-state index contributed by atoms with van der Waals surface area (Å²) in [6.45, 7) is 1.69. The number of rotatable bonds is 3. The predicted octanol–water partition coefficient (Wildman–Crippen LogP) is 6.22. The number of aliphatic hydroxyl groups is 1. The second-order valence-electron chi connectivity index (χ2n) is 7.98. The largest absolute Gasteiger partial charge is 0.456 e. The summed E-state index contributed by atoms with van der Waals surface area (Å²) >= 11 is 12.1. The van der Waals surface area contributed by atoms with E-state index in [4.69, 9.17) is 23.2 Å². The molecule has 0 fully saturated rings. The average Bonchev–Trinajstić information content (AvgIpc) is 3.03. The van der Waals surface area contributed by atoms with Gasteiger partial charge in [0.25, 0.3) is 10.0 Å². The molecule has 4 rings (SSSR count). The van der Waals surface area contributed by atoms with E-state index in [1.54, 1.807) is 6.92 Å². The third kappa shape index (κ3) is 3.45. The second-order valence-corrected chi connectivity index (χ2v) is 10.6. The van der Waals surface area contributed by atoms with Crippen LogP contribution in [0.25, 0.3) is 10.9 Å². The lowest BCUT2D eigenvalue weighted by molar-refractivity contribution is -0.349. The fourth-order valence-corrected chi connectivity index (χ4v) is 6.16. The summed E-state index contributed by atoms with van der Waals surface area (Å²) < 4.78 is 97.3. The molecule has 1 atom stereocenters. The van der Waals surface area contributed by atoms with Crippen LogP contribution in [0.15, 0.2) is 41.3 Å². The van der Waals surface area contributed by atoms with Gasteiger partial charge in [-0.05, 0) is 56.0 Å². The Balaban J connectivity index is 2.18. The minimum Gasteiger partial charge on any atom is -0.377 e. The van der Waals surface area contributed by atoms with Crippen molar-refractivity contribution in [1.82, 2.24) is 3.97 Å². The number of halogens is 7. The Bertz CT molecular complexity index is 1370. The van der Waals surface area contributed by atoms with Crippen molar-refractivity contribution in [2.75, 3.05) is 0 Å². The number of fused-ring (bicyclic) bond motifs is 3. The van der Waals surface area contributed by atoms with E-state index in [1.165, 1.54) is 30.3 Å². The molecule has 0 saturated carbocycles. The number of aryl methyl sites for hydroxylation is 2. The highest BCUT2D eigenvalue weighted by Gasteiger charge is 2.72. The molecule has 1 N–H and O–H groups in total. The van der Waals surface area contributed by atoms with Crippen LogP contribution in [0.2, 0.25) is 10.0 Å². The normalized spacial score (nSPS) is 19.7. The number of nitrogens with zero attached hydrogens (tertiary/aromatic N) is 1. The molecule has 1 aromatic heterocycles. The van der Waals surface area contributed by atoms with Crippen molar-refractivity contribution in [3.8, 4) is 0 Å². The van der Waals surface area contributed by atoms with E-state index in [0.717, 1.165) is 6.07 Å². The molecule has 4 nitrogen and oxygen atoms in total. The summed E-state index contributed by atoms with van der Waals surface area (Å²) in [6, 6.07) is 7.58. The van der Waals surface area contributed by atoms with Crippen molar-refractivity contribution in [3.05, 3.63) is 63.3 Å². The van der Waals surface area contributed by atoms with E-state index in [-0.39, 0.29) is 44.2 Å². The maximum absolute atomic E-state index is 14.8. The minimum absolute atomic E-state index is 0.0196. The molecule has 0 aliphatic heterocycles. The fraction of sp³-hybridized carbons (Fsp3) is 0.333. The number of hydrogen-bond acceptors (Lipinski definition) is 3. The van der Waals surface area contributed by atoms with Gasteiger partial charge in [-0.3, -0.25) is 0 Å². The smallest absolute Gasteiger partial charge is 0.377 e. The van der Waals surface area contributed by atoms with Gasteiger partial charge in [0.15, 0.2) is 5.60 Å². The van der Waals surface area contributed by atoms with Gasteiger partial charge in [-0.1, -0.05) is 40.9 Å². The monoisotopic (exact) mass is 527 g/mol. The number of benzene rings is 2. The van der Waals surface area contributed by atoms with Gasteiger partial charge in [-0.15, -0.1) is 0 Å². The molecule has 0 radical (unpaired) electrons. The van der Waals surface area contributed by atoms with Crippen molar-refractivity contribution in [1.29, 1.82) is 0 Å². The molecule has 1 heterocycles. The van der Waals surface area contributed by atoms with Crippen LogP contribution in [0.1, 0.15) is 29.7 Å². The predicted molar refractivity (Wildman–Crippen MR) is 114 cm³/mol. The maximum Gasteiger partial charge on any atom is 0.456 e.